The molecule has 15 heavy (non-hydrogen) atoms. The molecule has 0 spiro atoms. The van der Waals surface area contributed by atoms with E-state index in [2.05, 4.69) is 5.32 Å². The zero-order valence-electron chi connectivity index (χ0n) is 8.98. The summed E-state index contributed by atoms with van der Waals surface area (Å²) in [5.41, 5.74) is 0. The molecule has 1 saturated heterocycles. The van der Waals surface area contributed by atoms with Crippen LogP contribution in [0.4, 0.5) is 0 Å². The second kappa shape index (κ2) is 6.05. The SMILES string of the molecule is CC1CC(NCC(O)CC(=O)O)CCO1. The summed E-state index contributed by atoms with van der Waals surface area (Å²) in [5, 5.41) is 21.0. The first-order valence-electron chi connectivity index (χ1n) is 5.32. The third-order valence-electron chi connectivity index (χ3n) is 2.54. The van der Waals surface area contributed by atoms with E-state index in [-0.39, 0.29) is 12.5 Å². The van der Waals surface area contributed by atoms with Crippen LogP contribution in [-0.2, 0) is 9.53 Å². The molecule has 5 nitrogen and oxygen atoms in total. The van der Waals surface area contributed by atoms with E-state index in [0.29, 0.717) is 12.6 Å². The monoisotopic (exact) mass is 217 g/mol. The van der Waals surface area contributed by atoms with Crippen molar-refractivity contribution in [3.05, 3.63) is 0 Å². The second-order valence-corrected chi connectivity index (χ2v) is 4.06. The highest BCUT2D eigenvalue weighted by molar-refractivity contribution is 5.67. The van der Waals surface area contributed by atoms with Crippen molar-refractivity contribution in [2.45, 2.75) is 44.4 Å². The predicted molar refractivity (Wildman–Crippen MR) is 54.7 cm³/mol. The molecular formula is C10H19NO4. The van der Waals surface area contributed by atoms with Gasteiger partial charge in [-0.15, -0.1) is 0 Å². The van der Waals surface area contributed by atoms with E-state index in [4.69, 9.17) is 9.84 Å². The van der Waals surface area contributed by atoms with Crippen molar-refractivity contribution >= 4 is 5.97 Å². The van der Waals surface area contributed by atoms with Crippen molar-refractivity contribution < 1.29 is 19.7 Å². The fourth-order valence-corrected chi connectivity index (χ4v) is 1.76. The number of hydrogen-bond donors (Lipinski definition) is 3. The summed E-state index contributed by atoms with van der Waals surface area (Å²) in [5.74, 6) is -0.968. The number of aliphatic hydroxyl groups is 1. The van der Waals surface area contributed by atoms with Crippen LogP contribution < -0.4 is 5.32 Å². The van der Waals surface area contributed by atoms with E-state index in [1.165, 1.54) is 0 Å². The highest BCUT2D eigenvalue weighted by atomic mass is 16.5. The summed E-state index contributed by atoms with van der Waals surface area (Å²) < 4.78 is 5.38. The molecule has 1 aliphatic heterocycles. The zero-order valence-corrected chi connectivity index (χ0v) is 8.98. The van der Waals surface area contributed by atoms with Gasteiger partial charge in [-0.25, -0.2) is 0 Å². The second-order valence-electron chi connectivity index (χ2n) is 4.06. The van der Waals surface area contributed by atoms with Crippen LogP contribution >= 0.6 is 0 Å². The Hall–Kier alpha value is -0.650. The van der Waals surface area contributed by atoms with Crippen LogP contribution in [0, 0.1) is 0 Å². The molecule has 0 aromatic rings. The first-order chi connectivity index (χ1) is 7.08. The molecule has 0 saturated carbocycles. The van der Waals surface area contributed by atoms with Gasteiger partial charge in [0, 0.05) is 19.2 Å². The fraction of sp³-hybridized carbons (Fsp3) is 0.900. The van der Waals surface area contributed by atoms with Gasteiger partial charge in [-0.2, -0.15) is 0 Å². The molecule has 0 aliphatic carbocycles. The largest absolute Gasteiger partial charge is 0.481 e. The number of rotatable bonds is 5. The minimum absolute atomic E-state index is 0.203. The van der Waals surface area contributed by atoms with Gasteiger partial charge in [0.05, 0.1) is 18.6 Å². The average molecular weight is 217 g/mol. The first kappa shape index (κ1) is 12.4. The molecule has 1 aliphatic rings. The van der Waals surface area contributed by atoms with Crippen molar-refractivity contribution in [1.29, 1.82) is 0 Å². The minimum Gasteiger partial charge on any atom is -0.481 e. The standard InChI is InChI=1S/C10H19NO4/c1-7-4-8(2-3-15-7)11-6-9(12)5-10(13)14/h7-9,11-12H,2-6H2,1H3,(H,13,14). The van der Waals surface area contributed by atoms with Crippen LogP contribution in [0.5, 0.6) is 0 Å². The predicted octanol–water partition coefficient (Wildman–Crippen LogP) is -0.0209. The van der Waals surface area contributed by atoms with Gasteiger partial charge in [0.15, 0.2) is 0 Å². The van der Waals surface area contributed by atoms with Crippen LogP contribution in [0.15, 0.2) is 0 Å². The molecule has 0 aromatic heterocycles. The van der Waals surface area contributed by atoms with Gasteiger partial charge in [0.25, 0.3) is 0 Å². The third-order valence-corrected chi connectivity index (χ3v) is 2.54. The van der Waals surface area contributed by atoms with Crippen molar-refractivity contribution in [3.8, 4) is 0 Å². The molecule has 1 rings (SSSR count). The Morgan fingerprint density at radius 3 is 3.00 bits per heavy atom. The Morgan fingerprint density at radius 1 is 1.67 bits per heavy atom. The minimum atomic E-state index is -0.968. The number of carboxylic acids is 1. The van der Waals surface area contributed by atoms with Gasteiger partial charge in [0.1, 0.15) is 0 Å². The van der Waals surface area contributed by atoms with Crippen LogP contribution in [-0.4, -0.2) is 47.6 Å². The van der Waals surface area contributed by atoms with Gasteiger partial charge in [-0.3, -0.25) is 4.79 Å². The van der Waals surface area contributed by atoms with Gasteiger partial charge >= 0.3 is 5.97 Å². The summed E-state index contributed by atoms with van der Waals surface area (Å²) in [7, 11) is 0. The molecule has 3 atom stereocenters. The maximum absolute atomic E-state index is 10.3. The van der Waals surface area contributed by atoms with Gasteiger partial charge < -0.3 is 20.3 Å². The summed E-state index contributed by atoms with van der Waals surface area (Å²) in [6.07, 6.45) is 1.07. The molecule has 88 valence electrons. The molecule has 3 N–H and O–H groups in total. The molecule has 0 amide bonds. The van der Waals surface area contributed by atoms with E-state index in [1.54, 1.807) is 0 Å². The quantitative estimate of drug-likeness (QED) is 0.603. The van der Waals surface area contributed by atoms with Gasteiger partial charge in [-0.1, -0.05) is 0 Å². The molecule has 1 fully saturated rings. The van der Waals surface area contributed by atoms with E-state index in [1.807, 2.05) is 6.92 Å². The Kier molecular flexibility index (Phi) is 5.01. The number of carboxylic acid groups (broad SMARTS) is 1. The van der Waals surface area contributed by atoms with Crippen LogP contribution in [0.25, 0.3) is 0 Å². The van der Waals surface area contributed by atoms with Crippen molar-refractivity contribution in [1.82, 2.24) is 5.32 Å². The number of aliphatic hydroxyl groups excluding tert-OH is 1. The van der Waals surface area contributed by atoms with Crippen LogP contribution in [0.3, 0.4) is 0 Å². The van der Waals surface area contributed by atoms with E-state index in [0.717, 1.165) is 19.4 Å². The number of ether oxygens (including phenoxy) is 1. The average Bonchev–Trinajstić information content (AvgIpc) is 2.14. The zero-order chi connectivity index (χ0) is 11.3. The van der Waals surface area contributed by atoms with Crippen molar-refractivity contribution in [3.63, 3.8) is 0 Å². The highest BCUT2D eigenvalue weighted by Gasteiger charge is 2.19. The molecule has 0 bridgehead atoms. The Balaban J connectivity index is 2.15. The molecule has 5 heteroatoms. The van der Waals surface area contributed by atoms with Crippen molar-refractivity contribution in [2.24, 2.45) is 0 Å². The summed E-state index contributed by atoms with van der Waals surface area (Å²) >= 11 is 0. The normalized spacial score (nSPS) is 28.7. The lowest BCUT2D eigenvalue weighted by atomic mass is 10.0. The van der Waals surface area contributed by atoms with Crippen molar-refractivity contribution in [2.75, 3.05) is 13.2 Å². The number of nitrogens with one attached hydrogen (secondary N) is 1. The lowest BCUT2D eigenvalue weighted by molar-refractivity contribution is -0.139. The van der Waals surface area contributed by atoms with Crippen LogP contribution in [0.2, 0.25) is 0 Å². The van der Waals surface area contributed by atoms with Crippen LogP contribution in [0.1, 0.15) is 26.2 Å². The highest BCUT2D eigenvalue weighted by Crippen LogP contribution is 2.12. The molecule has 3 unspecified atom stereocenters. The molecule has 0 radical (unpaired) electrons. The number of carbonyl (C=O) groups is 1. The Bertz CT molecular complexity index is 210. The topological polar surface area (TPSA) is 78.8 Å². The number of hydrogen-bond acceptors (Lipinski definition) is 4. The summed E-state index contributed by atoms with van der Waals surface area (Å²) in [6, 6.07) is 0.331. The Morgan fingerprint density at radius 2 is 2.40 bits per heavy atom. The molecule has 0 aromatic carbocycles. The van der Waals surface area contributed by atoms with Gasteiger partial charge in [0.2, 0.25) is 0 Å². The summed E-state index contributed by atoms with van der Waals surface area (Å²) in [4.78, 5) is 10.3. The lowest BCUT2D eigenvalue weighted by Gasteiger charge is -2.28. The smallest absolute Gasteiger partial charge is 0.306 e. The first-order valence-corrected chi connectivity index (χ1v) is 5.32. The molecular weight excluding hydrogens is 198 g/mol. The number of aliphatic carboxylic acids is 1. The van der Waals surface area contributed by atoms with Gasteiger partial charge in [-0.05, 0) is 19.8 Å². The third kappa shape index (κ3) is 5.11. The van der Waals surface area contributed by atoms with E-state index in [9.17, 15) is 9.90 Å². The van der Waals surface area contributed by atoms with E-state index < -0.39 is 12.1 Å². The van der Waals surface area contributed by atoms with E-state index >= 15 is 0 Å². The Labute approximate surface area is 89.4 Å². The maximum atomic E-state index is 10.3. The molecule has 1 heterocycles. The fourth-order valence-electron chi connectivity index (χ4n) is 1.76. The maximum Gasteiger partial charge on any atom is 0.306 e. The lowest BCUT2D eigenvalue weighted by Crippen LogP contribution is -2.41. The summed E-state index contributed by atoms with van der Waals surface area (Å²) in [6.45, 7) is 3.08.